The van der Waals surface area contributed by atoms with Gasteiger partial charge in [-0.15, -0.1) is 0 Å². The van der Waals surface area contributed by atoms with E-state index in [0.717, 1.165) is 19.0 Å². The average Bonchev–Trinajstić information content (AvgIpc) is 3.13. The summed E-state index contributed by atoms with van der Waals surface area (Å²) in [4.78, 5) is 14.8. The van der Waals surface area contributed by atoms with Crippen LogP contribution in [0.3, 0.4) is 0 Å². The number of hydrogen-bond acceptors (Lipinski definition) is 5. The van der Waals surface area contributed by atoms with Gasteiger partial charge in [-0.2, -0.15) is 15.0 Å². The minimum atomic E-state index is 0.248. The van der Waals surface area contributed by atoms with Gasteiger partial charge in [-0.1, -0.05) is 0 Å². The molecule has 6 heteroatoms. The van der Waals surface area contributed by atoms with Crippen molar-refractivity contribution in [3.63, 3.8) is 0 Å². The van der Waals surface area contributed by atoms with Gasteiger partial charge in [-0.3, -0.25) is 0 Å². The molecule has 1 aliphatic carbocycles. The van der Waals surface area contributed by atoms with Crippen LogP contribution in [0.2, 0.25) is 5.28 Å². The maximum absolute atomic E-state index is 5.96. The maximum atomic E-state index is 5.96. The van der Waals surface area contributed by atoms with E-state index in [9.17, 15) is 0 Å². The molecular formula is C12H20ClN5. The molecule has 1 atom stereocenters. The summed E-state index contributed by atoms with van der Waals surface area (Å²) in [7, 11) is 0. The Hall–Kier alpha value is -1.10. The second kappa shape index (κ2) is 5.69. The van der Waals surface area contributed by atoms with Crippen molar-refractivity contribution in [2.75, 3.05) is 23.3 Å². The highest BCUT2D eigenvalue weighted by Gasteiger charge is 2.28. The predicted octanol–water partition coefficient (Wildman–Crippen LogP) is 2.58. The third kappa shape index (κ3) is 3.22. The molecule has 1 aromatic rings. The van der Waals surface area contributed by atoms with Crippen molar-refractivity contribution >= 4 is 23.5 Å². The number of halogens is 1. The van der Waals surface area contributed by atoms with E-state index in [1.807, 2.05) is 0 Å². The molecule has 0 saturated heterocycles. The van der Waals surface area contributed by atoms with Gasteiger partial charge >= 0.3 is 0 Å². The zero-order chi connectivity index (χ0) is 13.1. The molecule has 1 fully saturated rings. The molecule has 1 heterocycles. The van der Waals surface area contributed by atoms with Crippen LogP contribution in [0.1, 0.15) is 33.6 Å². The van der Waals surface area contributed by atoms with Crippen LogP contribution in [0.15, 0.2) is 0 Å². The van der Waals surface area contributed by atoms with Gasteiger partial charge in [0.2, 0.25) is 17.2 Å². The van der Waals surface area contributed by atoms with E-state index < -0.39 is 0 Å². The molecule has 1 N–H and O–H groups in total. The van der Waals surface area contributed by atoms with Gasteiger partial charge in [0.25, 0.3) is 0 Å². The molecule has 18 heavy (non-hydrogen) atoms. The van der Waals surface area contributed by atoms with Crippen molar-refractivity contribution in [2.45, 2.75) is 39.7 Å². The molecule has 0 amide bonds. The van der Waals surface area contributed by atoms with E-state index in [0.29, 0.717) is 17.9 Å². The van der Waals surface area contributed by atoms with E-state index in [-0.39, 0.29) is 5.28 Å². The molecule has 0 aliphatic heterocycles. The van der Waals surface area contributed by atoms with Gasteiger partial charge < -0.3 is 10.2 Å². The van der Waals surface area contributed by atoms with E-state index >= 15 is 0 Å². The summed E-state index contributed by atoms with van der Waals surface area (Å²) in [6, 6.07) is 0.396. The van der Waals surface area contributed by atoms with Crippen molar-refractivity contribution in [2.24, 2.45) is 5.92 Å². The molecule has 2 rings (SSSR count). The van der Waals surface area contributed by atoms with E-state index in [1.54, 1.807) is 0 Å². The Bertz CT molecular complexity index is 403. The molecule has 1 aliphatic rings. The molecule has 1 unspecified atom stereocenters. The summed E-state index contributed by atoms with van der Waals surface area (Å²) < 4.78 is 0. The molecule has 0 spiro atoms. The van der Waals surface area contributed by atoms with Crippen molar-refractivity contribution in [3.8, 4) is 0 Å². The first-order valence-corrected chi connectivity index (χ1v) is 6.94. The lowest BCUT2D eigenvalue weighted by Crippen LogP contribution is -2.26. The molecular weight excluding hydrogens is 250 g/mol. The Morgan fingerprint density at radius 2 is 1.94 bits per heavy atom. The third-order valence-corrected chi connectivity index (χ3v) is 3.50. The molecule has 0 radical (unpaired) electrons. The number of hydrogen-bond donors (Lipinski definition) is 1. The predicted molar refractivity (Wildman–Crippen MR) is 74.2 cm³/mol. The van der Waals surface area contributed by atoms with Crippen LogP contribution in [0, 0.1) is 5.92 Å². The Labute approximate surface area is 113 Å². The quantitative estimate of drug-likeness (QED) is 0.860. The van der Waals surface area contributed by atoms with Crippen LogP contribution in [0.5, 0.6) is 0 Å². The summed E-state index contributed by atoms with van der Waals surface area (Å²) >= 11 is 5.96. The van der Waals surface area contributed by atoms with Gasteiger partial charge in [0.1, 0.15) is 0 Å². The molecule has 1 aromatic heterocycles. The summed E-state index contributed by atoms with van der Waals surface area (Å²) in [6.45, 7) is 8.01. The smallest absolute Gasteiger partial charge is 0.231 e. The molecule has 0 aromatic carbocycles. The highest BCUT2D eigenvalue weighted by molar-refractivity contribution is 6.28. The van der Waals surface area contributed by atoms with Crippen LogP contribution in [0.4, 0.5) is 11.9 Å². The number of nitrogens with one attached hydrogen (secondary N) is 1. The molecule has 1 saturated carbocycles. The van der Waals surface area contributed by atoms with Crippen LogP contribution in [-0.2, 0) is 0 Å². The second-order valence-corrected chi connectivity index (χ2v) is 5.01. The number of anilines is 2. The maximum Gasteiger partial charge on any atom is 0.231 e. The summed E-state index contributed by atoms with van der Waals surface area (Å²) in [5, 5.41) is 3.56. The van der Waals surface area contributed by atoms with Gasteiger partial charge in [-0.05, 0) is 51.1 Å². The molecule has 5 nitrogen and oxygen atoms in total. The lowest BCUT2D eigenvalue weighted by atomic mass is 10.2. The fourth-order valence-corrected chi connectivity index (χ4v) is 2.13. The molecule has 100 valence electrons. The zero-order valence-corrected chi connectivity index (χ0v) is 11.9. The van der Waals surface area contributed by atoms with Crippen molar-refractivity contribution < 1.29 is 0 Å². The van der Waals surface area contributed by atoms with Gasteiger partial charge in [0.15, 0.2) is 0 Å². The molecule has 0 bridgehead atoms. The van der Waals surface area contributed by atoms with Gasteiger partial charge in [0, 0.05) is 19.1 Å². The standard InChI is InChI=1S/C12H20ClN5/c1-4-18(5-2)12-16-10(13)15-11(17-12)14-8(3)9-6-7-9/h8-9H,4-7H2,1-3H3,(H,14,15,16,17). The zero-order valence-electron chi connectivity index (χ0n) is 11.1. The summed E-state index contributed by atoms with van der Waals surface area (Å²) in [5.41, 5.74) is 0. The Morgan fingerprint density at radius 3 is 2.50 bits per heavy atom. The van der Waals surface area contributed by atoms with Crippen molar-refractivity contribution in [1.82, 2.24) is 15.0 Å². The highest BCUT2D eigenvalue weighted by Crippen LogP contribution is 2.33. The Balaban J connectivity index is 2.14. The van der Waals surface area contributed by atoms with Gasteiger partial charge in [0.05, 0.1) is 0 Å². The number of rotatable bonds is 6. The first-order valence-electron chi connectivity index (χ1n) is 6.57. The third-order valence-electron chi connectivity index (χ3n) is 3.33. The SMILES string of the molecule is CCN(CC)c1nc(Cl)nc(NC(C)C2CC2)n1. The van der Waals surface area contributed by atoms with E-state index in [4.69, 9.17) is 11.6 Å². The Kier molecular flexibility index (Phi) is 4.22. The summed E-state index contributed by atoms with van der Waals surface area (Å²) in [6.07, 6.45) is 2.58. The number of nitrogens with zero attached hydrogens (tertiary/aromatic N) is 4. The largest absolute Gasteiger partial charge is 0.351 e. The normalized spacial score (nSPS) is 16.4. The van der Waals surface area contributed by atoms with E-state index in [1.165, 1.54) is 12.8 Å². The van der Waals surface area contributed by atoms with Gasteiger partial charge in [-0.25, -0.2) is 0 Å². The highest BCUT2D eigenvalue weighted by atomic mass is 35.5. The van der Waals surface area contributed by atoms with Crippen LogP contribution in [-0.4, -0.2) is 34.1 Å². The van der Waals surface area contributed by atoms with E-state index in [2.05, 4.69) is 45.9 Å². The first kappa shape index (κ1) is 13.3. The minimum Gasteiger partial charge on any atom is -0.351 e. The topological polar surface area (TPSA) is 53.9 Å². The Morgan fingerprint density at radius 1 is 1.28 bits per heavy atom. The monoisotopic (exact) mass is 269 g/mol. The van der Waals surface area contributed by atoms with Crippen molar-refractivity contribution in [1.29, 1.82) is 0 Å². The second-order valence-electron chi connectivity index (χ2n) is 4.67. The minimum absolute atomic E-state index is 0.248. The fourth-order valence-electron chi connectivity index (χ4n) is 1.97. The first-order chi connectivity index (χ1) is 8.63. The van der Waals surface area contributed by atoms with Crippen LogP contribution < -0.4 is 10.2 Å². The van der Waals surface area contributed by atoms with Crippen molar-refractivity contribution in [3.05, 3.63) is 5.28 Å². The average molecular weight is 270 g/mol. The van der Waals surface area contributed by atoms with Crippen LogP contribution >= 0.6 is 11.6 Å². The number of aromatic nitrogens is 3. The summed E-state index contributed by atoms with van der Waals surface area (Å²) in [5.74, 6) is 1.97. The van der Waals surface area contributed by atoms with Crippen LogP contribution in [0.25, 0.3) is 0 Å². The fraction of sp³-hybridized carbons (Fsp3) is 0.750. The lowest BCUT2D eigenvalue weighted by molar-refractivity contribution is 0.683. The lowest BCUT2D eigenvalue weighted by Gasteiger charge is -2.19.